The summed E-state index contributed by atoms with van der Waals surface area (Å²) in [5.41, 5.74) is 0.642. The maximum atomic E-state index is 13.4. The number of aliphatic carboxylic acids is 1. The van der Waals surface area contributed by atoms with Gasteiger partial charge >= 0.3 is 12.1 Å². The molecule has 0 spiro atoms. The molecule has 1 atom stereocenters. The van der Waals surface area contributed by atoms with Crippen molar-refractivity contribution in [3.05, 3.63) is 111 Å². The van der Waals surface area contributed by atoms with Gasteiger partial charge in [0, 0.05) is 16.0 Å². The van der Waals surface area contributed by atoms with Crippen LogP contribution in [0.15, 0.2) is 78.9 Å². The molecule has 2 N–H and O–H groups in total. The second-order valence-corrected chi connectivity index (χ2v) is 8.91. The molecule has 1 heterocycles. The third kappa shape index (κ3) is 5.77. The summed E-state index contributed by atoms with van der Waals surface area (Å²) in [6.07, 6.45) is -4.86. The van der Waals surface area contributed by atoms with Crippen LogP contribution in [0.4, 0.5) is 17.6 Å². The SMILES string of the molecule is O=C(O)Cc1sc(C(NC(=O)c2ccc(C(F)(F)F)cc2)c2ccccc2)nc1-c1ccc(F)cc1. The second kappa shape index (κ2) is 10.3. The molecule has 4 rings (SSSR count). The van der Waals surface area contributed by atoms with Crippen LogP contribution < -0.4 is 5.32 Å². The molecule has 0 bridgehead atoms. The highest BCUT2D eigenvalue weighted by atomic mass is 32.1. The fourth-order valence-corrected chi connectivity index (χ4v) is 4.70. The van der Waals surface area contributed by atoms with Crippen LogP contribution in [0.3, 0.4) is 0 Å². The number of carboxylic acid groups (broad SMARTS) is 1. The third-order valence-electron chi connectivity index (χ3n) is 5.27. The van der Waals surface area contributed by atoms with E-state index in [1.54, 1.807) is 30.3 Å². The molecule has 0 saturated heterocycles. The first kappa shape index (κ1) is 25.1. The van der Waals surface area contributed by atoms with E-state index in [0.717, 1.165) is 35.6 Å². The van der Waals surface area contributed by atoms with Gasteiger partial charge in [0.1, 0.15) is 16.9 Å². The normalized spacial score (nSPS) is 12.2. The van der Waals surface area contributed by atoms with Crippen molar-refractivity contribution in [1.29, 1.82) is 0 Å². The highest BCUT2D eigenvalue weighted by Gasteiger charge is 2.30. The summed E-state index contributed by atoms with van der Waals surface area (Å²) >= 11 is 1.08. The van der Waals surface area contributed by atoms with Crippen molar-refractivity contribution < 1.29 is 32.3 Å². The van der Waals surface area contributed by atoms with Gasteiger partial charge < -0.3 is 10.4 Å². The number of rotatable bonds is 7. The molecule has 0 radical (unpaired) electrons. The van der Waals surface area contributed by atoms with Crippen molar-refractivity contribution in [2.24, 2.45) is 0 Å². The minimum absolute atomic E-state index is 0.0185. The van der Waals surface area contributed by atoms with Crippen molar-refractivity contribution in [2.45, 2.75) is 18.6 Å². The molecule has 0 aliphatic heterocycles. The summed E-state index contributed by atoms with van der Waals surface area (Å²) in [6.45, 7) is 0. The first-order chi connectivity index (χ1) is 17.1. The zero-order chi connectivity index (χ0) is 25.9. The van der Waals surface area contributed by atoms with Crippen molar-refractivity contribution in [2.75, 3.05) is 0 Å². The number of carboxylic acids is 1. The van der Waals surface area contributed by atoms with E-state index in [1.165, 1.54) is 24.3 Å². The van der Waals surface area contributed by atoms with E-state index < -0.39 is 35.5 Å². The third-order valence-corrected chi connectivity index (χ3v) is 6.39. The smallest absolute Gasteiger partial charge is 0.416 e. The number of halogens is 4. The number of aromatic nitrogens is 1. The molecule has 3 aromatic carbocycles. The standard InChI is InChI=1S/C26H18F4N2O3S/c27-19-12-8-16(9-13-19)22-20(14-21(33)34)36-25(32-22)23(15-4-2-1-3-5-15)31-24(35)17-6-10-18(11-7-17)26(28,29)30/h1-13,23H,14H2,(H,31,35)(H,33,34). The molecule has 1 aromatic heterocycles. The average Bonchev–Trinajstić information content (AvgIpc) is 3.25. The molecule has 4 aromatic rings. The van der Waals surface area contributed by atoms with Gasteiger partial charge in [0.25, 0.3) is 5.91 Å². The molecule has 1 amide bonds. The fourth-order valence-electron chi connectivity index (χ4n) is 3.54. The van der Waals surface area contributed by atoms with E-state index in [9.17, 15) is 32.3 Å². The Morgan fingerprint density at radius 3 is 2.17 bits per heavy atom. The maximum Gasteiger partial charge on any atom is 0.416 e. The first-order valence-electron chi connectivity index (χ1n) is 10.6. The van der Waals surface area contributed by atoms with E-state index in [0.29, 0.717) is 26.7 Å². The summed E-state index contributed by atoms with van der Waals surface area (Å²) < 4.78 is 52.1. The summed E-state index contributed by atoms with van der Waals surface area (Å²) in [5.74, 6) is -2.17. The second-order valence-electron chi connectivity index (χ2n) is 7.79. The summed E-state index contributed by atoms with van der Waals surface area (Å²) in [7, 11) is 0. The number of amides is 1. The number of carbonyl (C=O) groups excluding carboxylic acids is 1. The Bertz CT molecular complexity index is 1370. The molecule has 0 saturated carbocycles. The lowest BCUT2D eigenvalue weighted by Gasteiger charge is -2.17. The maximum absolute atomic E-state index is 13.4. The van der Waals surface area contributed by atoms with Crippen LogP contribution in [-0.2, 0) is 17.4 Å². The summed E-state index contributed by atoms with van der Waals surface area (Å²) in [6, 6.07) is 17.2. The topological polar surface area (TPSA) is 79.3 Å². The van der Waals surface area contributed by atoms with E-state index >= 15 is 0 Å². The predicted octanol–water partition coefficient (Wildman–Crippen LogP) is 6.11. The Morgan fingerprint density at radius 1 is 0.944 bits per heavy atom. The Labute approximate surface area is 207 Å². The molecule has 0 aliphatic carbocycles. The number of nitrogens with zero attached hydrogens (tertiary/aromatic N) is 1. The Balaban J connectivity index is 1.72. The van der Waals surface area contributed by atoms with Crippen LogP contribution >= 0.6 is 11.3 Å². The van der Waals surface area contributed by atoms with Gasteiger partial charge in [-0.25, -0.2) is 9.37 Å². The van der Waals surface area contributed by atoms with Crippen LogP contribution in [0.25, 0.3) is 11.3 Å². The number of hydrogen-bond acceptors (Lipinski definition) is 4. The molecule has 10 heteroatoms. The number of thiazole rings is 1. The van der Waals surface area contributed by atoms with Crippen molar-refractivity contribution in [1.82, 2.24) is 10.3 Å². The molecule has 36 heavy (non-hydrogen) atoms. The molecule has 184 valence electrons. The van der Waals surface area contributed by atoms with Gasteiger partial charge in [-0.1, -0.05) is 30.3 Å². The Hall–Kier alpha value is -4.05. The van der Waals surface area contributed by atoms with Gasteiger partial charge in [-0.15, -0.1) is 11.3 Å². The average molecular weight is 515 g/mol. The lowest BCUT2D eigenvalue weighted by Crippen LogP contribution is -2.29. The van der Waals surface area contributed by atoms with Crippen molar-refractivity contribution >= 4 is 23.2 Å². The van der Waals surface area contributed by atoms with Gasteiger partial charge in [0.15, 0.2) is 0 Å². The monoisotopic (exact) mass is 514 g/mol. The lowest BCUT2D eigenvalue weighted by molar-refractivity contribution is -0.138. The van der Waals surface area contributed by atoms with Crippen LogP contribution in [0.5, 0.6) is 0 Å². The largest absolute Gasteiger partial charge is 0.481 e. The molecule has 5 nitrogen and oxygen atoms in total. The van der Waals surface area contributed by atoms with Gasteiger partial charge in [-0.2, -0.15) is 13.2 Å². The number of carbonyl (C=O) groups is 2. The fraction of sp³-hybridized carbons (Fsp3) is 0.115. The van der Waals surface area contributed by atoms with Crippen LogP contribution in [0, 0.1) is 5.82 Å². The Kier molecular flexibility index (Phi) is 7.16. The van der Waals surface area contributed by atoms with Gasteiger partial charge in [-0.3, -0.25) is 9.59 Å². The van der Waals surface area contributed by atoms with Crippen LogP contribution in [0.1, 0.15) is 37.4 Å². The van der Waals surface area contributed by atoms with E-state index in [4.69, 9.17) is 0 Å². The predicted molar refractivity (Wildman–Crippen MR) is 126 cm³/mol. The molecular formula is C26H18F4N2O3S. The van der Waals surface area contributed by atoms with Gasteiger partial charge in [0.05, 0.1) is 17.7 Å². The minimum Gasteiger partial charge on any atom is -0.481 e. The van der Waals surface area contributed by atoms with E-state index in [-0.39, 0.29) is 12.0 Å². The molecule has 1 unspecified atom stereocenters. The Morgan fingerprint density at radius 2 is 1.58 bits per heavy atom. The number of nitrogens with one attached hydrogen (secondary N) is 1. The highest BCUT2D eigenvalue weighted by Crippen LogP contribution is 2.35. The summed E-state index contributed by atoms with van der Waals surface area (Å²) in [5, 5.41) is 12.6. The number of hydrogen-bond donors (Lipinski definition) is 2. The first-order valence-corrected chi connectivity index (χ1v) is 11.4. The quantitative estimate of drug-likeness (QED) is 0.292. The molecule has 0 fully saturated rings. The van der Waals surface area contributed by atoms with Gasteiger partial charge in [0.2, 0.25) is 0 Å². The molecule has 0 aliphatic rings. The molecular weight excluding hydrogens is 496 g/mol. The van der Waals surface area contributed by atoms with Crippen molar-refractivity contribution in [3.8, 4) is 11.3 Å². The lowest BCUT2D eigenvalue weighted by atomic mass is 10.1. The van der Waals surface area contributed by atoms with Gasteiger partial charge in [-0.05, 0) is 54.1 Å². The van der Waals surface area contributed by atoms with E-state index in [1.807, 2.05) is 0 Å². The van der Waals surface area contributed by atoms with E-state index in [2.05, 4.69) is 10.3 Å². The van der Waals surface area contributed by atoms with Crippen LogP contribution in [0.2, 0.25) is 0 Å². The minimum atomic E-state index is -4.53. The zero-order valence-corrected chi connectivity index (χ0v) is 19.2. The number of alkyl halides is 3. The zero-order valence-electron chi connectivity index (χ0n) is 18.4. The highest BCUT2D eigenvalue weighted by molar-refractivity contribution is 7.12. The summed E-state index contributed by atoms with van der Waals surface area (Å²) in [4.78, 5) is 29.5. The van der Waals surface area contributed by atoms with Crippen LogP contribution in [-0.4, -0.2) is 22.0 Å². The number of benzene rings is 3. The van der Waals surface area contributed by atoms with Crippen molar-refractivity contribution in [3.63, 3.8) is 0 Å².